The van der Waals surface area contributed by atoms with Gasteiger partial charge in [-0.2, -0.15) is 0 Å². The number of amides is 2. The van der Waals surface area contributed by atoms with Crippen LogP contribution in [0, 0.1) is 17.3 Å². The summed E-state index contributed by atoms with van der Waals surface area (Å²) in [6, 6.07) is 6.78. The summed E-state index contributed by atoms with van der Waals surface area (Å²) in [7, 11) is 0. The minimum absolute atomic E-state index is 0.0185. The Balaban J connectivity index is 1.72. The number of hydrogen-bond acceptors (Lipinski definition) is 4. The zero-order valence-corrected chi connectivity index (χ0v) is 11.5. The molecule has 1 aromatic rings. The average Bonchev–Trinajstić information content (AvgIpc) is 2.87. The highest BCUT2D eigenvalue weighted by molar-refractivity contribution is 6.10. The molecule has 2 fully saturated rings. The summed E-state index contributed by atoms with van der Waals surface area (Å²) in [6.45, 7) is 3.89. The molecular weight excluding hydrogens is 256 g/mol. The number of anilines is 1. The van der Waals surface area contributed by atoms with E-state index in [2.05, 4.69) is 0 Å². The number of rotatable bonds is 3. The molecule has 5 nitrogen and oxygen atoms in total. The van der Waals surface area contributed by atoms with Crippen molar-refractivity contribution < 1.29 is 14.7 Å². The van der Waals surface area contributed by atoms with Crippen molar-refractivity contribution >= 4 is 17.5 Å². The number of aliphatic hydroxyl groups is 1. The maximum Gasteiger partial charge on any atom is 0.233 e. The van der Waals surface area contributed by atoms with Crippen LogP contribution in [0.4, 0.5) is 5.69 Å². The van der Waals surface area contributed by atoms with E-state index >= 15 is 0 Å². The lowest BCUT2D eigenvalue weighted by Gasteiger charge is -2.23. The van der Waals surface area contributed by atoms with Crippen LogP contribution < -0.4 is 5.73 Å². The van der Waals surface area contributed by atoms with E-state index in [-0.39, 0.29) is 35.6 Å². The van der Waals surface area contributed by atoms with Gasteiger partial charge in [-0.1, -0.05) is 26.0 Å². The number of carbonyl (C=O) groups excluding carboxylic acids is 2. The number of benzene rings is 1. The van der Waals surface area contributed by atoms with E-state index in [0.717, 1.165) is 0 Å². The average molecular weight is 274 g/mol. The van der Waals surface area contributed by atoms with Gasteiger partial charge in [0.2, 0.25) is 11.8 Å². The Bertz CT molecular complexity index is 555. The van der Waals surface area contributed by atoms with Crippen LogP contribution >= 0.6 is 0 Å². The number of fused-ring (bicyclic) bond motifs is 1. The van der Waals surface area contributed by atoms with Crippen molar-refractivity contribution in [3.05, 3.63) is 29.8 Å². The Hall–Kier alpha value is -1.88. The van der Waals surface area contributed by atoms with Crippen LogP contribution in [0.5, 0.6) is 0 Å². The molecule has 1 aliphatic carbocycles. The fourth-order valence-corrected chi connectivity index (χ4v) is 3.18. The second kappa shape index (κ2) is 4.06. The van der Waals surface area contributed by atoms with E-state index in [0.29, 0.717) is 11.3 Å². The predicted octanol–water partition coefficient (Wildman–Crippen LogP) is 0.943. The van der Waals surface area contributed by atoms with Gasteiger partial charge in [0.05, 0.1) is 24.5 Å². The number of hydrogen-bond donors (Lipinski definition) is 2. The van der Waals surface area contributed by atoms with Gasteiger partial charge in [-0.15, -0.1) is 0 Å². The summed E-state index contributed by atoms with van der Waals surface area (Å²) < 4.78 is 0. The molecule has 106 valence electrons. The molecule has 1 saturated carbocycles. The van der Waals surface area contributed by atoms with E-state index in [1.54, 1.807) is 24.3 Å². The molecule has 3 rings (SSSR count). The molecular formula is C15H18N2O3. The van der Waals surface area contributed by atoms with Crippen molar-refractivity contribution in [1.82, 2.24) is 4.90 Å². The minimum atomic E-state index is -0.871. The molecule has 3 N–H and O–H groups in total. The quantitative estimate of drug-likeness (QED) is 0.635. The Kier molecular flexibility index (Phi) is 2.66. The first kappa shape index (κ1) is 13.1. The van der Waals surface area contributed by atoms with Crippen LogP contribution in [0.15, 0.2) is 24.3 Å². The largest absolute Gasteiger partial charge is 0.399 e. The predicted molar refractivity (Wildman–Crippen MR) is 73.3 cm³/mol. The molecule has 2 amide bonds. The highest BCUT2D eigenvalue weighted by Gasteiger charge is 2.72. The maximum absolute atomic E-state index is 12.2. The molecule has 0 aromatic heterocycles. The molecule has 1 aromatic carbocycles. The molecule has 20 heavy (non-hydrogen) atoms. The lowest BCUT2D eigenvalue weighted by Crippen LogP contribution is -2.39. The first-order valence-corrected chi connectivity index (χ1v) is 6.72. The van der Waals surface area contributed by atoms with E-state index in [1.165, 1.54) is 4.90 Å². The van der Waals surface area contributed by atoms with Gasteiger partial charge in [-0.25, -0.2) is 0 Å². The van der Waals surface area contributed by atoms with Crippen molar-refractivity contribution in [1.29, 1.82) is 0 Å². The van der Waals surface area contributed by atoms with Crippen LogP contribution in [0.1, 0.15) is 25.5 Å². The molecule has 1 heterocycles. The Morgan fingerprint density at radius 2 is 1.70 bits per heavy atom. The third-order valence-corrected chi connectivity index (χ3v) is 4.57. The normalized spacial score (nSPS) is 28.4. The number of β-amino-alcohol motifs (C(OH)–C–C–N with tert-alkyl or cyclic N) is 1. The summed E-state index contributed by atoms with van der Waals surface area (Å²) in [6.07, 6.45) is -0.871. The fourth-order valence-electron chi connectivity index (χ4n) is 3.18. The second-order valence-corrected chi connectivity index (χ2v) is 6.25. The monoisotopic (exact) mass is 274 g/mol. The highest BCUT2D eigenvalue weighted by atomic mass is 16.3. The number of carbonyl (C=O) groups is 2. The summed E-state index contributed by atoms with van der Waals surface area (Å²) in [5.74, 6) is -0.707. The molecule has 5 heteroatoms. The van der Waals surface area contributed by atoms with Gasteiger partial charge in [-0.05, 0) is 23.1 Å². The molecule has 3 unspecified atom stereocenters. The highest BCUT2D eigenvalue weighted by Crippen LogP contribution is 2.63. The van der Waals surface area contributed by atoms with Gasteiger partial charge < -0.3 is 10.8 Å². The summed E-state index contributed by atoms with van der Waals surface area (Å²) >= 11 is 0. The van der Waals surface area contributed by atoms with Crippen LogP contribution in [0.3, 0.4) is 0 Å². The van der Waals surface area contributed by atoms with E-state index in [9.17, 15) is 14.7 Å². The standard InChI is InChI=1S/C15H18N2O3/c1-15(2)11-12(15)14(20)17(13(11)19)7-10(18)8-3-5-9(16)6-4-8/h3-6,10-12,18H,7,16H2,1-2H3. The van der Waals surface area contributed by atoms with Gasteiger partial charge in [0.1, 0.15) is 0 Å². The molecule has 0 spiro atoms. The smallest absolute Gasteiger partial charge is 0.233 e. The summed E-state index contributed by atoms with van der Waals surface area (Å²) in [5.41, 5.74) is 6.64. The molecule has 3 atom stereocenters. The van der Waals surface area contributed by atoms with Gasteiger partial charge >= 0.3 is 0 Å². The summed E-state index contributed by atoms with van der Waals surface area (Å²) in [4.78, 5) is 25.5. The van der Waals surface area contributed by atoms with Gasteiger partial charge in [0.15, 0.2) is 0 Å². The summed E-state index contributed by atoms with van der Waals surface area (Å²) in [5, 5.41) is 10.2. The van der Waals surface area contributed by atoms with Crippen molar-refractivity contribution in [2.45, 2.75) is 20.0 Å². The molecule has 1 aliphatic heterocycles. The zero-order chi connectivity index (χ0) is 14.7. The number of imide groups is 1. The number of aliphatic hydroxyl groups excluding tert-OH is 1. The Morgan fingerprint density at radius 3 is 2.20 bits per heavy atom. The van der Waals surface area contributed by atoms with E-state index in [4.69, 9.17) is 5.73 Å². The third-order valence-electron chi connectivity index (χ3n) is 4.57. The minimum Gasteiger partial charge on any atom is -0.399 e. The number of piperidine rings is 1. The number of nitrogens with zero attached hydrogens (tertiary/aromatic N) is 1. The van der Waals surface area contributed by atoms with E-state index in [1.807, 2.05) is 13.8 Å². The molecule has 2 aliphatic rings. The van der Waals surface area contributed by atoms with Gasteiger partial charge in [0.25, 0.3) is 0 Å². The van der Waals surface area contributed by atoms with Crippen LogP contribution in [-0.2, 0) is 9.59 Å². The first-order chi connectivity index (χ1) is 9.34. The Morgan fingerprint density at radius 1 is 1.20 bits per heavy atom. The lowest BCUT2D eigenvalue weighted by molar-refractivity contribution is -0.144. The fraction of sp³-hybridized carbons (Fsp3) is 0.467. The van der Waals surface area contributed by atoms with Gasteiger partial charge in [0, 0.05) is 5.69 Å². The van der Waals surface area contributed by atoms with Crippen LogP contribution in [-0.4, -0.2) is 28.4 Å². The third kappa shape index (κ3) is 1.73. The number of nitrogen functional groups attached to an aromatic ring is 1. The van der Waals surface area contributed by atoms with Crippen molar-refractivity contribution in [2.24, 2.45) is 17.3 Å². The van der Waals surface area contributed by atoms with Gasteiger partial charge in [-0.3, -0.25) is 14.5 Å². The first-order valence-electron chi connectivity index (χ1n) is 6.72. The molecule has 0 radical (unpaired) electrons. The SMILES string of the molecule is CC1(C)C2C(=O)N(CC(O)c3ccc(N)cc3)C(=O)C21. The second-order valence-electron chi connectivity index (χ2n) is 6.25. The molecule has 1 saturated heterocycles. The maximum atomic E-state index is 12.2. The zero-order valence-electron chi connectivity index (χ0n) is 11.5. The molecule has 0 bridgehead atoms. The lowest BCUT2D eigenvalue weighted by atomic mass is 10.0. The van der Waals surface area contributed by atoms with E-state index < -0.39 is 6.10 Å². The van der Waals surface area contributed by atoms with Crippen molar-refractivity contribution in [3.63, 3.8) is 0 Å². The van der Waals surface area contributed by atoms with Crippen LogP contribution in [0.25, 0.3) is 0 Å². The topological polar surface area (TPSA) is 83.6 Å². The van der Waals surface area contributed by atoms with Crippen molar-refractivity contribution in [3.8, 4) is 0 Å². The number of likely N-dealkylation sites (tertiary alicyclic amines) is 1. The van der Waals surface area contributed by atoms with Crippen LogP contribution in [0.2, 0.25) is 0 Å². The Labute approximate surface area is 117 Å². The number of nitrogens with two attached hydrogens (primary N) is 1. The van der Waals surface area contributed by atoms with Crippen molar-refractivity contribution in [2.75, 3.05) is 12.3 Å².